The Morgan fingerprint density at radius 2 is 2.08 bits per heavy atom. The van der Waals surface area contributed by atoms with Gasteiger partial charge in [0.25, 0.3) is 5.91 Å². The van der Waals surface area contributed by atoms with E-state index in [1.165, 1.54) is 6.26 Å². The van der Waals surface area contributed by atoms with Crippen molar-refractivity contribution >= 4 is 23.4 Å². The molecule has 5 nitrogen and oxygen atoms in total. The molecule has 0 radical (unpaired) electrons. The van der Waals surface area contributed by atoms with Gasteiger partial charge in [-0.25, -0.2) is 0 Å². The first-order chi connectivity index (χ1) is 12.6. The smallest absolute Gasteiger partial charge is 0.289 e. The molecule has 1 fully saturated rings. The fraction of sp³-hybridized carbons (Fsp3) is 0.400. The third kappa shape index (κ3) is 4.88. The summed E-state index contributed by atoms with van der Waals surface area (Å²) >= 11 is 6.10. The fourth-order valence-electron chi connectivity index (χ4n) is 3.30. The van der Waals surface area contributed by atoms with Crippen LogP contribution >= 0.6 is 11.6 Å². The maximum absolute atomic E-state index is 12.4. The van der Waals surface area contributed by atoms with Gasteiger partial charge in [-0.2, -0.15) is 0 Å². The SMILES string of the molecule is O=C(CC[C@@H]1CCCN(C(=O)c2ccco2)C1)NCc1ccccc1Cl. The number of amides is 2. The van der Waals surface area contributed by atoms with E-state index in [9.17, 15) is 9.59 Å². The average Bonchev–Trinajstić information content (AvgIpc) is 3.20. The van der Waals surface area contributed by atoms with Gasteiger partial charge in [0.1, 0.15) is 0 Å². The summed E-state index contributed by atoms with van der Waals surface area (Å²) in [6.07, 6.45) is 4.74. The Labute approximate surface area is 158 Å². The number of carbonyl (C=O) groups excluding carboxylic acids is 2. The summed E-state index contributed by atoms with van der Waals surface area (Å²) in [5.41, 5.74) is 0.912. The van der Waals surface area contributed by atoms with Crippen LogP contribution in [0.1, 0.15) is 41.8 Å². The zero-order valence-corrected chi connectivity index (χ0v) is 15.4. The number of hydrogen-bond donors (Lipinski definition) is 1. The van der Waals surface area contributed by atoms with Crippen molar-refractivity contribution in [3.8, 4) is 0 Å². The molecule has 1 aliphatic rings. The molecule has 0 unspecified atom stereocenters. The van der Waals surface area contributed by atoms with E-state index in [4.69, 9.17) is 16.0 Å². The maximum atomic E-state index is 12.4. The van der Waals surface area contributed by atoms with Crippen molar-refractivity contribution in [2.24, 2.45) is 5.92 Å². The summed E-state index contributed by atoms with van der Waals surface area (Å²) in [5, 5.41) is 3.58. The quantitative estimate of drug-likeness (QED) is 0.834. The molecular weight excluding hydrogens is 352 g/mol. The molecule has 1 aromatic carbocycles. The molecule has 0 bridgehead atoms. The third-order valence-corrected chi connectivity index (χ3v) is 5.12. The first-order valence-corrected chi connectivity index (χ1v) is 9.34. The van der Waals surface area contributed by atoms with Crippen LogP contribution in [0.4, 0.5) is 0 Å². The van der Waals surface area contributed by atoms with Crippen LogP contribution in [0.15, 0.2) is 47.1 Å². The number of rotatable bonds is 6. The Balaban J connectivity index is 1.43. The van der Waals surface area contributed by atoms with Crippen molar-refractivity contribution < 1.29 is 14.0 Å². The summed E-state index contributed by atoms with van der Waals surface area (Å²) in [4.78, 5) is 26.3. The third-order valence-electron chi connectivity index (χ3n) is 4.75. The van der Waals surface area contributed by atoms with Crippen molar-refractivity contribution in [2.45, 2.75) is 32.2 Å². The predicted molar refractivity (Wildman–Crippen MR) is 99.9 cm³/mol. The van der Waals surface area contributed by atoms with Gasteiger partial charge in [0.2, 0.25) is 5.91 Å². The highest BCUT2D eigenvalue weighted by molar-refractivity contribution is 6.31. The van der Waals surface area contributed by atoms with Crippen LogP contribution in [0.5, 0.6) is 0 Å². The lowest BCUT2D eigenvalue weighted by molar-refractivity contribution is -0.121. The molecule has 6 heteroatoms. The normalized spacial score (nSPS) is 17.1. The molecule has 138 valence electrons. The highest BCUT2D eigenvalue weighted by atomic mass is 35.5. The van der Waals surface area contributed by atoms with Gasteiger partial charge in [-0.05, 0) is 48.9 Å². The average molecular weight is 375 g/mol. The second-order valence-corrected chi connectivity index (χ2v) is 7.05. The van der Waals surface area contributed by atoms with Crippen LogP contribution in [0.3, 0.4) is 0 Å². The molecule has 1 aliphatic heterocycles. The molecule has 1 atom stereocenters. The maximum Gasteiger partial charge on any atom is 0.289 e. The summed E-state index contributed by atoms with van der Waals surface area (Å²) in [5.74, 6) is 0.666. The number of furan rings is 1. The monoisotopic (exact) mass is 374 g/mol. The number of hydrogen-bond acceptors (Lipinski definition) is 3. The van der Waals surface area contributed by atoms with E-state index in [1.807, 2.05) is 29.2 Å². The zero-order valence-electron chi connectivity index (χ0n) is 14.6. The summed E-state index contributed by atoms with van der Waals surface area (Å²) in [6.45, 7) is 1.86. The van der Waals surface area contributed by atoms with E-state index in [-0.39, 0.29) is 11.8 Å². The number of benzene rings is 1. The Morgan fingerprint density at radius 3 is 2.85 bits per heavy atom. The van der Waals surface area contributed by atoms with Crippen LogP contribution in [0, 0.1) is 5.92 Å². The van der Waals surface area contributed by atoms with Gasteiger partial charge in [0.15, 0.2) is 5.76 Å². The first-order valence-electron chi connectivity index (χ1n) is 8.96. The fourth-order valence-corrected chi connectivity index (χ4v) is 3.50. The van der Waals surface area contributed by atoms with E-state index in [0.29, 0.717) is 36.2 Å². The minimum Gasteiger partial charge on any atom is -0.459 e. The Kier molecular flexibility index (Phi) is 6.34. The summed E-state index contributed by atoms with van der Waals surface area (Å²) < 4.78 is 5.20. The van der Waals surface area contributed by atoms with Crippen molar-refractivity contribution in [2.75, 3.05) is 13.1 Å². The molecule has 2 amide bonds. The number of carbonyl (C=O) groups is 2. The van der Waals surface area contributed by atoms with E-state index in [2.05, 4.69) is 5.32 Å². The lowest BCUT2D eigenvalue weighted by Gasteiger charge is -2.32. The second-order valence-electron chi connectivity index (χ2n) is 6.64. The van der Waals surface area contributed by atoms with Gasteiger partial charge in [0.05, 0.1) is 6.26 Å². The minimum atomic E-state index is -0.0668. The highest BCUT2D eigenvalue weighted by Gasteiger charge is 2.26. The number of piperidine rings is 1. The van der Waals surface area contributed by atoms with Crippen LogP contribution in [0.25, 0.3) is 0 Å². The summed E-state index contributed by atoms with van der Waals surface area (Å²) in [6, 6.07) is 10.9. The molecule has 1 saturated heterocycles. The van der Waals surface area contributed by atoms with Crippen LogP contribution in [-0.2, 0) is 11.3 Å². The van der Waals surface area contributed by atoms with E-state index in [0.717, 1.165) is 31.4 Å². The van der Waals surface area contributed by atoms with E-state index >= 15 is 0 Å². The zero-order chi connectivity index (χ0) is 18.4. The van der Waals surface area contributed by atoms with Crippen molar-refractivity contribution in [3.05, 3.63) is 59.0 Å². The van der Waals surface area contributed by atoms with E-state index in [1.54, 1.807) is 12.1 Å². The number of nitrogens with one attached hydrogen (secondary N) is 1. The molecule has 0 aliphatic carbocycles. The van der Waals surface area contributed by atoms with Gasteiger partial charge >= 0.3 is 0 Å². The molecule has 2 heterocycles. The van der Waals surface area contributed by atoms with Crippen molar-refractivity contribution in [1.29, 1.82) is 0 Å². The lowest BCUT2D eigenvalue weighted by atomic mass is 9.93. The van der Waals surface area contributed by atoms with Crippen molar-refractivity contribution in [3.63, 3.8) is 0 Å². The Bertz CT molecular complexity index is 745. The van der Waals surface area contributed by atoms with Crippen molar-refractivity contribution in [1.82, 2.24) is 10.2 Å². The van der Waals surface area contributed by atoms with Crippen LogP contribution < -0.4 is 5.32 Å². The van der Waals surface area contributed by atoms with Crippen LogP contribution in [0.2, 0.25) is 5.02 Å². The van der Waals surface area contributed by atoms with Gasteiger partial charge < -0.3 is 14.6 Å². The van der Waals surface area contributed by atoms with E-state index < -0.39 is 0 Å². The topological polar surface area (TPSA) is 62.6 Å². The van der Waals surface area contributed by atoms with Crippen LogP contribution in [-0.4, -0.2) is 29.8 Å². The summed E-state index contributed by atoms with van der Waals surface area (Å²) in [7, 11) is 0. The molecule has 3 rings (SSSR count). The number of nitrogens with zero attached hydrogens (tertiary/aromatic N) is 1. The largest absolute Gasteiger partial charge is 0.459 e. The number of halogens is 1. The van der Waals surface area contributed by atoms with Gasteiger partial charge in [-0.1, -0.05) is 29.8 Å². The Hall–Kier alpha value is -2.27. The first kappa shape index (κ1) is 18.5. The molecule has 0 spiro atoms. The Morgan fingerprint density at radius 1 is 1.23 bits per heavy atom. The molecular formula is C20H23ClN2O3. The molecule has 0 saturated carbocycles. The van der Waals surface area contributed by atoms with Gasteiger partial charge in [-0.15, -0.1) is 0 Å². The number of likely N-dealkylation sites (tertiary alicyclic amines) is 1. The lowest BCUT2D eigenvalue weighted by Crippen LogP contribution is -2.40. The highest BCUT2D eigenvalue weighted by Crippen LogP contribution is 2.22. The van der Waals surface area contributed by atoms with Gasteiger partial charge in [-0.3, -0.25) is 9.59 Å². The second kappa shape index (κ2) is 8.90. The standard InChI is InChI=1S/C20H23ClN2O3/c21-17-7-2-1-6-16(17)13-22-19(24)10-9-15-5-3-11-23(14-15)20(25)18-8-4-12-26-18/h1-2,4,6-8,12,15H,3,5,9-11,13-14H2,(H,22,24)/t15-/m0/s1. The molecule has 1 N–H and O–H groups in total. The molecule has 1 aromatic heterocycles. The molecule has 2 aromatic rings. The minimum absolute atomic E-state index is 0.0133. The predicted octanol–water partition coefficient (Wildman–Crippen LogP) is 3.88. The molecule has 26 heavy (non-hydrogen) atoms. The van der Waals surface area contributed by atoms with Gasteiger partial charge in [0, 0.05) is 31.1 Å².